The Labute approximate surface area is 114 Å². The van der Waals surface area contributed by atoms with Gasteiger partial charge in [-0.25, -0.2) is 8.42 Å². The van der Waals surface area contributed by atoms with Crippen molar-refractivity contribution in [2.75, 3.05) is 20.3 Å². The Balaban J connectivity index is 3.04. The van der Waals surface area contributed by atoms with E-state index < -0.39 is 10.0 Å². The van der Waals surface area contributed by atoms with E-state index in [1.54, 1.807) is 12.1 Å². The first-order chi connectivity index (χ1) is 8.93. The van der Waals surface area contributed by atoms with Gasteiger partial charge in [-0.1, -0.05) is 0 Å². The van der Waals surface area contributed by atoms with Gasteiger partial charge in [0.2, 0.25) is 10.0 Å². The van der Waals surface area contributed by atoms with Crippen LogP contribution in [0.5, 0.6) is 5.75 Å². The zero-order chi connectivity index (χ0) is 14.5. The molecule has 0 spiro atoms. The molecule has 0 heterocycles. The first kappa shape index (κ1) is 15.9. The van der Waals surface area contributed by atoms with Crippen LogP contribution in [0.3, 0.4) is 0 Å². The van der Waals surface area contributed by atoms with E-state index >= 15 is 0 Å². The van der Waals surface area contributed by atoms with E-state index in [0.29, 0.717) is 18.7 Å². The number of ether oxygens (including phenoxy) is 1. The molecule has 0 atom stereocenters. The topological polar surface area (TPSA) is 66.8 Å². The second kappa shape index (κ2) is 6.88. The van der Waals surface area contributed by atoms with Crippen molar-refractivity contribution in [3.63, 3.8) is 0 Å². The van der Waals surface area contributed by atoms with Crippen LogP contribution < -0.4 is 4.74 Å². The normalized spacial score (nSPS) is 12.1. The van der Waals surface area contributed by atoms with Crippen molar-refractivity contribution < 1.29 is 18.3 Å². The van der Waals surface area contributed by atoms with Crippen LogP contribution in [0.1, 0.15) is 20.3 Å². The maximum absolute atomic E-state index is 12.5. The fourth-order valence-electron chi connectivity index (χ4n) is 1.77. The molecule has 1 aromatic carbocycles. The zero-order valence-electron chi connectivity index (χ0n) is 11.5. The Hall–Kier alpha value is -1.11. The second-order valence-corrected chi connectivity index (χ2v) is 6.35. The van der Waals surface area contributed by atoms with Gasteiger partial charge in [0.05, 0.1) is 12.0 Å². The van der Waals surface area contributed by atoms with Gasteiger partial charge in [0, 0.05) is 19.2 Å². The molecule has 0 saturated carbocycles. The lowest BCUT2D eigenvalue weighted by Gasteiger charge is -2.25. The van der Waals surface area contributed by atoms with Gasteiger partial charge in [0.25, 0.3) is 0 Å². The standard InChI is InChI=1S/C13H21NO4S/c1-11(2)14(9-4-10-15)19(16,17)13-7-5-12(18-3)6-8-13/h5-8,11,15H,4,9-10H2,1-3H3. The highest BCUT2D eigenvalue weighted by molar-refractivity contribution is 7.89. The maximum Gasteiger partial charge on any atom is 0.243 e. The van der Waals surface area contributed by atoms with Crippen molar-refractivity contribution in [3.05, 3.63) is 24.3 Å². The molecule has 0 aliphatic carbocycles. The van der Waals surface area contributed by atoms with Gasteiger partial charge in [-0.05, 0) is 44.5 Å². The van der Waals surface area contributed by atoms with E-state index in [1.165, 1.54) is 23.5 Å². The van der Waals surface area contributed by atoms with Crippen molar-refractivity contribution >= 4 is 10.0 Å². The molecule has 0 unspecified atom stereocenters. The van der Waals surface area contributed by atoms with Crippen LogP contribution in [0.4, 0.5) is 0 Å². The zero-order valence-corrected chi connectivity index (χ0v) is 12.4. The summed E-state index contributed by atoms with van der Waals surface area (Å²) in [4.78, 5) is 0.236. The van der Waals surface area contributed by atoms with E-state index in [-0.39, 0.29) is 17.5 Å². The second-order valence-electron chi connectivity index (χ2n) is 4.46. The molecule has 0 radical (unpaired) electrons. The lowest BCUT2D eigenvalue weighted by atomic mass is 10.3. The molecule has 6 heteroatoms. The molecule has 1 N–H and O–H groups in total. The SMILES string of the molecule is COc1ccc(S(=O)(=O)N(CCCO)C(C)C)cc1. The fourth-order valence-corrected chi connectivity index (χ4v) is 3.44. The molecule has 0 aliphatic rings. The average molecular weight is 287 g/mol. The highest BCUT2D eigenvalue weighted by atomic mass is 32.2. The predicted octanol–water partition coefficient (Wildman–Crippen LogP) is 1.48. The van der Waals surface area contributed by atoms with E-state index in [1.807, 2.05) is 13.8 Å². The average Bonchev–Trinajstić information content (AvgIpc) is 2.38. The predicted molar refractivity (Wildman–Crippen MR) is 73.7 cm³/mol. The van der Waals surface area contributed by atoms with Gasteiger partial charge >= 0.3 is 0 Å². The van der Waals surface area contributed by atoms with Crippen molar-refractivity contribution in [1.29, 1.82) is 0 Å². The smallest absolute Gasteiger partial charge is 0.243 e. The number of methoxy groups -OCH3 is 1. The molecule has 1 rings (SSSR count). The summed E-state index contributed by atoms with van der Waals surface area (Å²) in [6.45, 7) is 3.92. The fraction of sp³-hybridized carbons (Fsp3) is 0.538. The summed E-state index contributed by atoms with van der Waals surface area (Å²) >= 11 is 0. The van der Waals surface area contributed by atoms with Crippen LogP contribution in [0.2, 0.25) is 0 Å². The largest absolute Gasteiger partial charge is 0.497 e. The molecular weight excluding hydrogens is 266 g/mol. The summed E-state index contributed by atoms with van der Waals surface area (Å²) in [5, 5.41) is 8.86. The van der Waals surface area contributed by atoms with Crippen molar-refractivity contribution in [2.45, 2.75) is 31.2 Å². The summed E-state index contributed by atoms with van der Waals surface area (Å²) in [7, 11) is -2.00. The van der Waals surface area contributed by atoms with Crippen LogP contribution in [0.25, 0.3) is 0 Å². The number of nitrogens with zero attached hydrogens (tertiary/aromatic N) is 1. The number of hydrogen-bond acceptors (Lipinski definition) is 4. The van der Waals surface area contributed by atoms with Gasteiger partial charge in [-0.2, -0.15) is 4.31 Å². The third-order valence-electron chi connectivity index (χ3n) is 2.78. The van der Waals surface area contributed by atoms with E-state index in [2.05, 4.69) is 0 Å². The molecule has 1 aromatic rings. The number of hydrogen-bond donors (Lipinski definition) is 1. The maximum atomic E-state index is 12.5. The Morgan fingerprint density at radius 2 is 1.84 bits per heavy atom. The Morgan fingerprint density at radius 3 is 2.26 bits per heavy atom. The highest BCUT2D eigenvalue weighted by Gasteiger charge is 2.26. The number of aliphatic hydroxyl groups is 1. The molecule has 0 aliphatic heterocycles. The lowest BCUT2D eigenvalue weighted by molar-refractivity contribution is 0.258. The van der Waals surface area contributed by atoms with Crippen LogP contribution >= 0.6 is 0 Å². The molecule has 0 saturated heterocycles. The van der Waals surface area contributed by atoms with Crippen LogP contribution in [-0.4, -0.2) is 44.1 Å². The summed E-state index contributed by atoms with van der Waals surface area (Å²) < 4.78 is 31.4. The minimum Gasteiger partial charge on any atom is -0.497 e. The summed E-state index contributed by atoms with van der Waals surface area (Å²) in [6.07, 6.45) is 0.424. The number of aliphatic hydroxyl groups excluding tert-OH is 1. The van der Waals surface area contributed by atoms with Gasteiger partial charge in [0.1, 0.15) is 5.75 Å². The monoisotopic (exact) mass is 287 g/mol. The first-order valence-corrected chi connectivity index (χ1v) is 7.64. The highest BCUT2D eigenvalue weighted by Crippen LogP contribution is 2.21. The van der Waals surface area contributed by atoms with Gasteiger partial charge in [-0.15, -0.1) is 0 Å². The van der Waals surface area contributed by atoms with Crippen molar-refractivity contribution in [1.82, 2.24) is 4.31 Å². The number of sulfonamides is 1. The minimum absolute atomic E-state index is 0.0264. The van der Waals surface area contributed by atoms with Gasteiger partial charge in [-0.3, -0.25) is 0 Å². The number of benzene rings is 1. The summed E-state index contributed by atoms with van der Waals surface area (Å²) in [6, 6.07) is 6.15. The molecule has 0 bridgehead atoms. The molecule has 0 aromatic heterocycles. The summed E-state index contributed by atoms with van der Waals surface area (Å²) in [5.74, 6) is 0.616. The quantitative estimate of drug-likeness (QED) is 0.825. The van der Waals surface area contributed by atoms with Gasteiger partial charge in [0.15, 0.2) is 0 Å². The molecule has 19 heavy (non-hydrogen) atoms. The molecular formula is C13H21NO4S. The van der Waals surface area contributed by atoms with E-state index in [4.69, 9.17) is 9.84 Å². The Morgan fingerprint density at radius 1 is 1.26 bits per heavy atom. The third kappa shape index (κ3) is 3.92. The Bertz CT molecular complexity index is 482. The van der Waals surface area contributed by atoms with E-state index in [9.17, 15) is 8.42 Å². The van der Waals surface area contributed by atoms with Crippen LogP contribution in [0.15, 0.2) is 29.2 Å². The first-order valence-electron chi connectivity index (χ1n) is 6.20. The minimum atomic E-state index is -3.53. The number of rotatable bonds is 7. The summed E-state index contributed by atoms with van der Waals surface area (Å²) in [5.41, 5.74) is 0. The van der Waals surface area contributed by atoms with E-state index in [0.717, 1.165) is 0 Å². The van der Waals surface area contributed by atoms with Crippen molar-refractivity contribution in [2.24, 2.45) is 0 Å². The van der Waals surface area contributed by atoms with Crippen LogP contribution in [0, 0.1) is 0 Å². The molecule has 0 fully saturated rings. The lowest BCUT2D eigenvalue weighted by Crippen LogP contribution is -2.38. The van der Waals surface area contributed by atoms with Gasteiger partial charge < -0.3 is 9.84 Å². The molecule has 0 amide bonds. The van der Waals surface area contributed by atoms with Crippen molar-refractivity contribution in [3.8, 4) is 5.75 Å². The molecule has 5 nitrogen and oxygen atoms in total. The Kier molecular flexibility index (Phi) is 5.78. The molecule has 108 valence electrons. The van der Waals surface area contributed by atoms with Crippen LogP contribution in [-0.2, 0) is 10.0 Å². The third-order valence-corrected chi connectivity index (χ3v) is 4.87.